The largest absolute Gasteiger partial charge is 0.296 e. The number of nitro benzene ring substituents is 1. The van der Waals surface area contributed by atoms with E-state index < -0.39 is 14.9 Å². The quantitative estimate of drug-likeness (QED) is 0.570. The second-order valence-electron chi connectivity index (χ2n) is 6.31. The van der Waals surface area contributed by atoms with Crippen LogP contribution in [-0.2, 0) is 23.6 Å². The molecule has 1 aromatic carbocycles. The summed E-state index contributed by atoms with van der Waals surface area (Å²) in [5.41, 5.74) is 2.12. The first-order valence-electron chi connectivity index (χ1n) is 8.23. The molecular weight excluding hydrogens is 358 g/mol. The molecule has 0 aliphatic carbocycles. The highest BCUT2D eigenvalue weighted by Gasteiger charge is 2.29. The van der Waals surface area contributed by atoms with Gasteiger partial charge in [-0.2, -0.15) is 9.40 Å². The summed E-state index contributed by atoms with van der Waals surface area (Å²) < 4.78 is 28.7. The van der Waals surface area contributed by atoms with Crippen LogP contribution in [0.1, 0.15) is 11.3 Å². The smallest absolute Gasteiger partial charge is 0.269 e. The molecule has 0 unspecified atom stereocenters. The molecule has 140 valence electrons. The Balaban J connectivity index is 1.64. The summed E-state index contributed by atoms with van der Waals surface area (Å²) in [6.45, 7) is 4.78. The van der Waals surface area contributed by atoms with Crippen LogP contribution < -0.4 is 0 Å². The van der Waals surface area contributed by atoms with Gasteiger partial charge >= 0.3 is 0 Å². The molecular formula is C16H21N5O4S. The van der Waals surface area contributed by atoms with Gasteiger partial charge in [0.15, 0.2) is 0 Å². The first kappa shape index (κ1) is 18.5. The molecule has 1 aliphatic rings. The van der Waals surface area contributed by atoms with Gasteiger partial charge in [0.1, 0.15) is 0 Å². The van der Waals surface area contributed by atoms with E-state index in [-0.39, 0.29) is 10.6 Å². The third-order valence-corrected chi connectivity index (χ3v) is 6.66. The molecule has 26 heavy (non-hydrogen) atoms. The van der Waals surface area contributed by atoms with Crippen molar-refractivity contribution in [3.05, 3.63) is 51.8 Å². The second-order valence-corrected chi connectivity index (χ2v) is 8.25. The molecule has 0 atom stereocenters. The maximum absolute atomic E-state index is 12.7. The van der Waals surface area contributed by atoms with Gasteiger partial charge in [-0.05, 0) is 19.1 Å². The SMILES string of the molecule is Cc1c(CN2CCN(S(=O)(=O)c3ccc([N+](=O)[O-])cc3)CC2)cnn1C. The first-order valence-corrected chi connectivity index (χ1v) is 9.67. The van der Waals surface area contributed by atoms with Crippen molar-refractivity contribution in [1.82, 2.24) is 19.0 Å². The summed E-state index contributed by atoms with van der Waals surface area (Å²) in [6, 6.07) is 5.01. The van der Waals surface area contributed by atoms with Gasteiger partial charge in [0, 0.05) is 63.2 Å². The Morgan fingerprint density at radius 1 is 1.15 bits per heavy atom. The highest BCUT2D eigenvalue weighted by atomic mass is 32.2. The van der Waals surface area contributed by atoms with E-state index in [1.54, 1.807) is 0 Å². The lowest BCUT2D eigenvalue weighted by molar-refractivity contribution is -0.384. The number of aryl methyl sites for hydroxylation is 1. The Hall–Kier alpha value is -2.30. The molecule has 0 spiro atoms. The summed E-state index contributed by atoms with van der Waals surface area (Å²) >= 11 is 0. The van der Waals surface area contributed by atoms with Gasteiger partial charge in [-0.3, -0.25) is 19.7 Å². The van der Waals surface area contributed by atoms with Crippen molar-refractivity contribution < 1.29 is 13.3 Å². The van der Waals surface area contributed by atoms with Crippen molar-refractivity contribution in [2.24, 2.45) is 7.05 Å². The van der Waals surface area contributed by atoms with Crippen molar-refractivity contribution >= 4 is 15.7 Å². The fraction of sp³-hybridized carbons (Fsp3) is 0.438. The second kappa shape index (κ2) is 7.14. The minimum absolute atomic E-state index is 0.0830. The lowest BCUT2D eigenvalue weighted by Gasteiger charge is -2.33. The van der Waals surface area contributed by atoms with E-state index in [1.165, 1.54) is 28.6 Å². The summed E-state index contributed by atoms with van der Waals surface area (Å²) in [5, 5.41) is 14.9. The van der Waals surface area contributed by atoms with Crippen LogP contribution >= 0.6 is 0 Å². The van der Waals surface area contributed by atoms with Crippen LogP contribution in [0, 0.1) is 17.0 Å². The predicted molar refractivity (Wildman–Crippen MR) is 95.1 cm³/mol. The summed E-state index contributed by atoms with van der Waals surface area (Å²) in [4.78, 5) is 12.4. The molecule has 2 aromatic rings. The number of hydrogen-bond acceptors (Lipinski definition) is 6. The molecule has 1 aromatic heterocycles. The van der Waals surface area contributed by atoms with Gasteiger partial charge in [-0.1, -0.05) is 0 Å². The molecule has 1 fully saturated rings. The fourth-order valence-electron chi connectivity index (χ4n) is 2.96. The van der Waals surface area contributed by atoms with Crippen LogP contribution in [0.5, 0.6) is 0 Å². The van der Waals surface area contributed by atoms with E-state index in [9.17, 15) is 18.5 Å². The van der Waals surface area contributed by atoms with Gasteiger partial charge in [0.25, 0.3) is 5.69 Å². The molecule has 0 amide bonds. The Bertz CT molecular complexity index is 899. The molecule has 1 aliphatic heterocycles. The van der Waals surface area contributed by atoms with Gasteiger partial charge in [0.2, 0.25) is 10.0 Å². The summed E-state index contributed by atoms with van der Waals surface area (Å²) in [7, 11) is -1.74. The number of piperazine rings is 1. The van der Waals surface area contributed by atoms with Crippen molar-refractivity contribution in [2.75, 3.05) is 26.2 Å². The average molecular weight is 379 g/mol. The first-order chi connectivity index (χ1) is 12.3. The number of nitrogens with zero attached hydrogens (tertiary/aromatic N) is 5. The standard InChI is InChI=1S/C16H21N5O4S/c1-13-14(11-17-18(13)2)12-19-7-9-20(10-8-19)26(24,25)16-5-3-15(4-6-16)21(22)23/h3-6,11H,7-10,12H2,1-2H3. The van der Waals surface area contributed by atoms with Crippen molar-refractivity contribution in [3.8, 4) is 0 Å². The number of sulfonamides is 1. The minimum Gasteiger partial charge on any atom is -0.296 e. The number of non-ortho nitro benzene ring substituents is 1. The van der Waals surface area contributed by atoms with Crippen molar-refractivity contribution in [1.29, 1.82) is 0 Å². The molecule has 0 saturated carbocycles. The van der Waals surface area contributed by atoms with E-state index in [2.05, 4.69) is 10.00 Å². The number of aromatic nitrogens is 2. The predicted octanol–water partition coefficient (Wildman–Crippen LogP) is 1.14. The fourth-order valence-corrected chi connectivity index (χ4v) is 4.38. The molecule has 0 bridgehead atoms. The van der Waals surface area contributed by atoms with Gasteiger partial charge < -0.3 is 0 Å². The number of rotatable bonds is 5. The van der Waals surface area contributed by atoms with Crippen LogP contribution in [0.3, 0.4) is 0 Å². The molecule has 2 heterocycles. The topological polar surface area (TPSA) is 102 Å². The molecule has 9 nitrogen and oxygen atoms in total. The summed E-state index contributed by atoms with van der Waals surface area (Å²) in [5.74, 6) is 0. The van der Waals surface area contributed by atoms with E-state index in [4.69, 9.17) is 0 Å². The zero-order valence-electron chi connectivity index (χ0n) is 14.7. The van der Waals surface area contributed by atoms with Crippen molar-refractivity contribution in [2.45, 2.75) is 18.4 Å². The molecule has 3 rings (SSSR count). The number of hydrogen-bond donors (Lipinski definition) is 0. The van der Waals surface area contributed by atoms with Gasteiger partial charge in [0.05, 0.1) is 16.0 Å². The molecule has 0 N–H and O–H groups in total. The molecule has 0 radical (unpaired) electrons. The van der Waals surface area contributed by atoms with E-state index in [0.29, 0.717) is 26.2 Å². The van der Waals surface area contributed by atoms with Crippen LogP contribution in [0.4, 0.5) is 5.69 Å². The van der Waals surface area contributed by atoms with Crippen LogP contribution in [0.15, 0.2) is 35.4 Å². The van der Waals surface area contributed by atoms with Crippen LogP contribution in [-0.4, -0.2) is 58.5 Å². The van der Waals surface area contributed by atoms with Gasteiger partial charge in [-0.15, -0.1) is 0 Å². The van der Waals surface area contributed by atoms with Crippen molar-refractivity contribution in [3.63, 3.8) is 0 Å². The Morgan fingerprint density at radius 3 is 2.27 bits per heavy atom. The van der Waals surface area contributed by atoms with Gasteiger partial charge in [-0.25, -0.2) is 8.42 Å². The van der Waals surface area contributed by atoms with Crippen LogP contribution in [0.25, 0.3) is 0 Å². The summed E-state index contributed by atoms with van der Waals surface area (Å²) in [6.07, 6.45) is 1.84. The van der Waals surface area contributed by atoms with E-state index >= 15 is 0 Å². The monoisotopic (exact) mass is 379 g/mol. The maximum atomic E-state index is 12.7. The Kier molecular flexibility index (Phi) is 5.08. The van der Waals surface area contributed by atoms with Crippen LogP contribution in [0.2, 0.25) is 0 Å². The zero-order valence-corrected chi connectivity index (χ0v) is 15.5. The maximum Gasteiger partial charge on any atom is 0.269 e. The third kappa shape index (κ3) is 3.62. The number of nitro groups is 1. The Morgan fingerprint density at radius 2 is 1.77 bits per heavy atom. The highest BCUT2D eigenvalue weighted by Crippen LogP contribution is 2.21. The lowest BCUT2D eigenvalue weighted by atomic mass is 10.2. The third-order valence-electron chi connectivity index (χ3n) is 4.75. The molecule has 10 heteroatoms. The zero-order chi connectivity index (χ0) is 18.9. The van der Waals surface area contributed by atoms with E-state index in [0.717, 1.165) is 17.8 Å². The Labute approximate surface area is 152 Å². The average Bonchev–Trinajstić information content (AvgIpc) is 2.94. The lowest BCUT2D eigenvalue weighted by Crippen LogP contribution is -2.48. The number of benzene rings is 1. The minimum atomic E-state index is -3.64. The molecule has 1 saturated heterocycles. The highest BCUT2D eigenvalue weighted by molar-refractivity contribution is 7.89. The van der Waals surface area contributed by atoms with E-state index in [1.807, 2.05) is 24.9 Å². The normalized spacial score (nSPS) is 16.7.